The number of rotatable bonds is 5. The van der Waals surface area contributed by atoms with Crippen LogP contribution in [-0.2, 0) is 10.5 Å². The van der Waals surface area contributed by atoms with Crippen LogP contribution in [0.2, 0.25) is 0 Å². The van der Waals surface area contributed by atoms with E-state index >= 15 is 0 Å². The molecule has 2 heterocycles. The molecule has 0 bridgehead atoms. The van der Waals surface area contributed by atoms with Crippen molar-refractivity contribution in [3.8, 4) is 11.8 Å². The fraction of sp³-hybridized carbons (Fsp3) is 0.630. The zero-order chi connectivity index (χ0) is 25.2. The van der Waals surface area contributed by atoms with Gasteiger partial charge in [-0.1, -0.05) is 30.4 Å². The lowest BCUT2D eigenvalue weighted by Crippen LogP contribution is -2.57. The van der Waals surface area contributed by atoms with Crippen molar-refractivity contribution in [2.45, 2.75) is 91.1 Å². The summed E-state index contributed by atoms with van der Waals surface area (Å²) in [5.74, 6) is 5.83. The third-order valence-electron chi connectivity index (χ3n) is 7.21. The number of hydrogen-bond donors (Lipinski definition) is 1. The average molecular weight is 497 g/mol. The van der Waals surface area contributed by atoms with Crippen molar-refractivity contribution < 1.29 is 14.7 Å². The second-order valence-electron chi connectivity index (χ2n) is 11.2. The molecule has 2 saturated carbocycles. The van der Waals surface area contributed by atoms with Gasteiger partial charge in [0.1, 0.15) is 10.5 Å². The van der Waals surface area contributed by atoms with Crippen molar-refractivity contribution in [1.29, 1.82) is 0 Å². The van der Waals surface area contributed by atoms with Crippen LogP contribution in [-0.4, -0.2) is 32.0 Å². The van der Waals surface area contributed by atoms with E-state index in [0.717, 1.165) is 56.3 Å². The summed E-state index contributed by atoms with van der Waals surface area (Å²) in [6.45, 7) is 8.30. The van der Waals surface area contributed by atoms with Crippen LogP contribution in [0.1, 0.15) is 100 Å². The molecule has 4 rings (SSSR count). The van der Waals surface area contributed by atoms with Gasteiger partial charge in [-0.15, -0.1) is 16.4 Å². The van der Waals surface area contributed by atoms with Crippen LogP contribution in [0.5, 0.6) is 0 Å². The number of carbonyl (C=O) groups is 2. The van der Waals surface area contributed by atoms with E-state index < -0.39 is 11.6 Å². The van der Waals surface area contributed by atoms with Gasteiger partial charge in [-0.05, 0) is 84.1 Å². The fourth-order valence-electron chi connectivity index (χ4n) is 5.35. The molecule has 0 aliphatic heterocycles. The summed E-state index contributed by atoms with van der Waals surface area (Å²) in [6.07, 6.45) is 11.5. The van der Waals surface area contributed by atoms with Crippen molar-refractivity contribution in [3.63, 3.8) is 0 Å². The van der Waals surface area contributed by atoms with Crippen molar-refractivity contribution in [3.05, 3.63) is 28.2 Å². The summed E-state index contributed by atoms with van der Waals surface area (Å²) >= 11 is 1.15. The van der Waals surface area contributed by atoms with E-state index in [1.807, 2.05) is 33.0 Å². The highest BCUT2D eigenvalue weighted by Crippen LogP contribution is 2.45. The predicted molar refractivity (Wildman–Crippen MR) is 137 cm³/mol. The molecule has 0 atom stereocenters. The maximum absolute atomic E-state index is 14.3. The average Bonchev–Trinajstić information content (AvgIpc) is 3.49. The van der Waals surface area contributed by atoms with Crippen LogP contribution in [0.25, 0.3) is 0 Å². The first-order valence-corrected chi connectivity index (χ1v) is 13.5. The third kappa shape index (κ3) is 5.45. The highest BCUT2D eigenvalue weighted by Gasteiger charge is 2.47. The van der Waals surface area contributed by atoms with Crippen molar-refractivity contribution in [1.82, 2.24) is 15.0 Å². The summed E-state index contributed by atoms with van der Waals surface area (Å²) in [4.78, 5) is 29.4. The highest BCUT2D eigenvalue weighted by atomic mass is 32.1. The molecule has 0 aromatic carbocycles. The van der Waals surface area contributed by atoms with Crippen molar-refractivity contribution in [2.24, 2.45) is 17.3 Å². The Bertz CT molecular complexity index is 1110. The van der Waals surface area contributed by atoms with Gasteiger partial charge in [0, 0.05) is 17.5 Å². The minimum absolute atomic E-state index is 0.00457. The molecule has 1 N–H and O–H groups in total. The van der Waals surface area contributed by atoms with Crippen LogP contribution in [0.3, 0.4) is 0 Å². The van der Waals surface area contributed by atoms with Crippen LogP contribution >= 0.6 is 11.3 Å². The molecule has 7 nitrogen and oxygen atoms in total. The minimum Gasteiger partial charge on any atom is -0.477 e. The number of thiophene rings is 1. The molecule has 1 amide bonds. The Morgan fingerprint density at radius 2 is 1.86 bits per heavy atom. The number of carboxylic acid groups (broad SMARTS) is 1. The molecule has 2 aromatic rings. The third-order valence-corrected chi connectivity index (χ3v) is 8.24. The normalized spacial score (nSPS) is 22.2. The molecule has 35 heavy (non-hydrogen) atoms. The zero-order valence-electron chi connectivity index (χ0n) is 21.2. The lowest BCUT2D eigenvalue weighted by atomic mass is 9.80. The van der Waals surface area contributed by atoms with Gasteiger partial charge in [-0.2, -0.15) is 0 Å². The number of aromatic carboxylic acids is 1. The lowest BCUT2D eigenvalue weighted by Gasteiger charge is -2.47. The quantitative estimate of drug-likeness (QED) is 0.520. The van der Waals surface area contributed by atoms with E-state index in [0.29, 0.717) is 29.3 Å². The van der Waals surface area contributed by atoms with Gasteiger partial charge < -0.3 is 5.11 Å². The standard InChI is InChI=1S/C27H36N4O3S/c1-19-8-10-20(11-9-19)24(32)31(27(13-6-5-7-14-27)30-17-16-28-29-30)22-18-21(12-15-26(2,3)4)35-23(22)25(33)34/h16-20H,5-11,13-14H2,1-4H3,(H,33,34). The Morgan fingerprint density at radius 1 is 1.17 bits per heavy atom. The van der Waals surface area contributed by atoms with Gasteiger partial charge in [0.05, 0.1) is 16.8 Å². The van der Waals surface area contributed by atoms with E-state index in [1.165, 1.54) is 0 Å². The maximum atomic E-state index is 14.3. The molecule has 0 spiro atoms. The van der Waals surface area contributed by atoms with Crippen molar-refractivity contribution >= 4 is 28.9 Å². The molecule has 2 fully saturated rings. The van der Waals surface area contributed by atoms with E-state index in [1.54, 1.807) is 15.8 Å². The topological polar surface area (TPSA) is 88.3 Å². The molecular weight excluding hydrogens is 460 g/mol. The first-order chi connectivity index (χ1) is 16.6. The Hall–Kier alpha value is -2.66. The van der Waals surface area contributed by atoms with Crippen LogP contribution < -0.4 is 4.90 Å². The minimum atomic E-state index is -1.03. The first kappa shape index (κ1) is 25.4. The van der Waals surface area contributed by atoms with E-state index in [2.05, 4.69) is 29.1 Å². The lowest BCUT2D eigenvalue weighted by molar-refractivity contribution is -0.126. The summed E-state index contributed by atoms with van der Waals surface area (Å²) < 4.78 is 1.79. The Balaban J connectivity index is 1.88. The number of carbonyl (C=O) groups excluding carboxylic acids is 1. The molecule has 0 saturated heterocycles. The van der Waals surface area contributed by atoms with Gasteiger partial charge in [-0.25, -0.2) is 9.48 Å². The number of carboxylic acids is 1. The van der Waals surface area contributed by atoms with E-state index in [9.17, 15) is 14.7 Å². The van der Waals surface area contributed by atoms with Crippen LogP contribution in [0.15, 0.2) is 18.5 Å². The van der Waals surface area contributed by atoms with Gasteiger partial charge in [-0.3, -0.25) is 9.69 Å². The van der Waals surface area contributed by atoms with Gasteiger partial charge in [0.2, 0.25) is 5.91 Å². The fourth-order valence-corrected chi connectivity index (χ4v) is 6.19. The molecular formula is C27H36N4O3S. The molecule has 2 aliphatic rings. The molecule has 2 aromatic heterocycles. The molecule has 0 radical (unpaired) electrons. The van der Waals surface area contributed by atoms with E-state index in [4.69, 9.17) is 0 Å². The number of nitrogens with zero attached hydrogens (tertiary/aromatic N) is 4. The van der Waals surface area contributed by atoms with Gasteiger partial charge >= 0.3 is 5.97 Å². The molecule has 8 heteroatoms. The molecule has 2 aliphatic carbocycles. The highest BCUT2D eigenvalue weighted by molar-refractivity contribution is 7.15. The number of hydrogen-bond acceptors (Lipinski definition) is 5. The smallest absolute Gasteiger partial charge is 0.348 e. The summed E-state index contributed by atoms with van der Waals surface area (Å²) in [7, 11) is 0. The van der Waals surface area contributed by atoms with Crippen LogP contribution in [0.4, 0.5) is 5.69 Å². The Morgan fingerprint density at radius 3 is 2.43 bits per heavy atom. The molecule has 0 unspecified atom stereocenters. The predicted octanol–water partition coefficient (Wildman–Crippen LogP) is 5.91. The first-order valence-electron chi connectivity index (χ1n) is 12.7. The van der Waals surface area contributed by atoms with Gasteiger partial charge in [0.25, 0.3) is 0 Å². The van der Waals surface area contributed by atoms with Crippen molar-refractivity contribution in [2.75, 3.05) is 4.90 Å². The summed E-state index contributed by atoms with van der Waals surface area (Å²) in [5.41, 5.74) is -0.538. The van der Waals surface area contributed by atoms with E-state index in [-0.39, 0.29) is 22.1 Å². The number of aromatic nitrogens is 3. The Labute approximate surface area is 211 Å². The summed E-state index contributed by atoms with van der Waals surface area (Å²) in [5, 5.41) is 18.6. The second-order valence-corrected chi connectivity index (χ2v) is 12.2. The molecule has 188 valence electrons. The monoisotopic (exact) mass is 496 g/mol. The number of amides is 1. The maximum Gasteiger partial charge on any atom is 0.348 e. The Kier molecular flexibility index (Phi) is 7.37. The summed E-state index contributed by atoms with van der Waals surface area (Å²) in [6, 6.07) is 1.81. The number of anilines is 1. The largest absolute Gasteiger partial charge is 0.477 e. The zero-order valence-corrected chi connectivity index (χ0v) is 22.0. The SMILES string of the molecule is CC1CCC(C(=O)N(c2cc(C#CC(C)(C)C)sc2C(=O)O)C2(n3ccnn3)CCCCC2)CC1. The van der Waals surface area contributed by atoms with Crippen LogP contribution in [0, 0.1) is 29.1 Å². The second kappa shape index (κ2) is 10.1. The van der Waals surface area contributed by atoms with Gasteiger partial charge in [0.15, 0.2) is 0 Å².